The van der Waals surface area contributed by atoms with Crippen LogP contribution in [0.3, 0.4) is 0 Å². The molecular weight excluding hydrogens is 304 g/mol. The second-order valence-corrected chi connectivity index (χ2v) is 5.44. The highest BCUT2D eigenvalue weighted by Gasteiger charge is 2.17. The Bertz CT molecular complexity index is 583. The molecule has 0 unspecified atom stereocenters. The Labute approximate surface area is 143 Å². The molecule has 0 heterocycles. The summed E-state index contributed by atoms with van der Waals surface area (Å²) in [5, 5.41) is 19.3. The Hall–Kier alpha value is -1.98. The van der Waals surface area contributed by atoms with Crippen molar-refractivity contribution in [1.82, 2.24) is 0 Å². The van der Waals surface area contributed by atoms with Crippen molar-refractivity contribution in [2.45, 2.75) is 25.4 Å². The van der Waals surface area contributed by atoms with E-state index in [0.717, 1.165) is 11.1 Å². The SMILES string of the molecule is OC/C=C/[C@H](OCc1ccccc1)[C@H](O)COCc1ccccc1. The summed E-state index contributed by atoms with van der Waals surface area (Å²) in [4.78, 5) is 0. The Morgan fingerprint density at radius 2 is 1.46 bits per heavy atom. The second kappa shape index (κ2) is 10.7. The third kappa shape index (κ3) is 6.64. The molecule has 2 aromatic carbocycles. The molecule has 0 aliphatic heterocycles. The third-order valence-electron chi connectivity index (χ3n) is 3.50. The van der Waals surface area contributed by atoms with Crippen LogP contribution in [0.4, 0.5) is 0 Å². The van der Waals surface area contributed by atoms with E-state index in [0.29, 0.717) is 13.2 Å². The molecule has 2 aromatic rings. The van der Waals surface area contributed by atoms with Gasteiger partial charge in [-0.3, -0.25) is 0 Å². The van der Waals surface area contributed by atoms with Crippen molar-refractivity contribution in [1.29, 1.82) is 0 Å². The van der Waals surface area contributed by atoms with Crippen LogP contribution in [0, 0.1) is 0 Å². The molecule has 0 aliphatic rings. The molecule has 0 bridgehead atoms. The van der Waals surface area contributed by atoms with Gasteiger partial charge in [0.05, 0.1) is 26.4 Å². The molecule has 0 saturated heterocycles. The lowest BCUT2D eigenvalue weighted by Crippen LogP contribution is -2.31. The molecule has 0 saturated carbocycles. The van der Waals surface area contributed by atoms with E-state index in [4.69, 9.17) is 14.6 Å². The third-order valence-corrected chi connectivity index (χ3v) is 3.50. The minimum Gasteiger partial charge on any atom is -0.392 e. The number of ether oxygens (including phenoxy) is 2. The number of hydrogen-bond donors (Lipinski definition) is 2. The van der Waals surface area contributed by atoms with Gasteiger partial charge in [-0.25, -0.2) is 0 Å². The van der Waals surface area contributed by atoms with Gasteiger partial charge in [0.2, 0.25) is 0 Å². The Morgan fingerprint density at radius 3 is 2.04 bits per heavy atom. The number of hydrogen-bond acceptors (Lipinski definition) is 4. The predicted octanol–water partition coefficient (Wildman–Crippen LogP) is 2.70. The van der Waals surface area contributed by atoms with Crippen LogP contribution in [0.25, 0.3) is 0 Å². The van der Waals surface area contributed by atoms with Crippen LogP contribution in [0.15, 0.2) is 72.8 Å². The molecule has 0 fully saturated rings. The zero-order valence-electron chi connectivity index (χ0n) is 13.6. The molecular formula is C20H24O4. The van der Waals surface area contributed by atoms with E-state index in [-0.39, 0.29) is 13.2 Å². The summed E-state index contributed by atoms with van der Waals surface area (Å²) in [6.07, 6.45) is 1.89. The topological polar surface area (TPSA) is 58.9 Å². The van der Waals surface area contributed by atoms with Gasteiger partial charge >= 0.3 is 0 Å². The van der Waals surface area contributed by atoms with Crippen LogP contribution in [0.2, 0.25) is 0 Å². The van der Waals surface area contributed by atoms with Crippen LogP contribution in [-0.4, -0.2) is 35.6 Å². The summed E-state index contributed by atoms with van der Waals surface area (Å²) in [5.41, 5.74) is 2.08. The fraction of sp³-hybridized carbons (Fsp3) is 0.300. The first kappa shape index (κ1) is 18.4. The molecule has 0 amide bonds. The van der Waals surface area contributed by atoms with E-state index in [9.17, 15) is 5.11 Å². The van der Waals surface area contributed by atoms with Crippen LogP contribution in [0.1, 0.15) is 11.1 Å². The van der Waals surface area contributed by atoms with Gasteiger partial charge in [0, 0.05) is 0 Å². The van der Waals surface area contributed by atoms with Gasteiger partial charge in [-0.2, -0.15) is 0 Å². The van der Waals surface area contributed by atoms with Gasteiger partial charge in [-0.05, 0) is 11.1 Å². The highest BCUT2D eigenvalue weighted by Crippen LogP contribution is 2.09. The minimum atomic E-state index is -0.805. The lowest BCUT2D eigenvalue weighted by Gasteiger charge is -2.21. The van der Waals surface area contributed by atoms with E-state index in [1.807, 2.05) is 60.7 Å². The van der Waals surface area contributed by atoms with Gasteiger partial charge < -0.3 is 19.7 Å². The van der Waals surface area contributed by atoms with Gasteiger partial charge in [0.1, 0.15) is 12.2 Å². The van der Waals surface area contributed by atoms with Crippen molar-refractivity contribution < 1.29 is 19.7 Å². The predicted molar refractivity (Wildman–Crippen MR) is 93.3 cm³/mol. The fourth-order valence-corrected chi connectivity index (χ4v) is 2.22. The molecule has 0 aromatic heterocycles. The lowest BCUT2D eigenvalue weighted by molar-refractivity contribution is -0.0603. The maximum Gasteiger partial charge on any atom is 0.107 e. The number of aliphatic hydroxyl groups excluding tert-OH is 2. The van der Waals surface area contributed by atoms with Gasteiger partial charge in [-0.15, -0.1) is 0 Å². The Kier molecular flexibility index (Phi) is 8.21. The van der Waals surface area contributed by atoms with Crippen molar-refractivity contribution >= 4 is 0 Å². The zero-order chi connectivity index (χ0) is 17.0. The summed E-state index contributed by atoms with van der Waals surface area (Å²) >= 11 is 0. The van der Waals surface area contributed by atoms with Crippen LogP contribution in [0.5, 0.6) is 0 Å². The molecule has 0 radical (unpaired) electrons. The molecule has 2 atom stereocenters. The molecule has 2 N–H and O–H groups in total. The highest BCUT2D eigenvalue weighted by atomic mass is 16.5. The maximum absolute atomic E-state index is 10.3. The van der Waals surface area contributed by atoms with E-state index >= 15 is 0 Å². The van der Waals surface area contributed by atoms with Crippen LogP contribution in [-0.2, 0) is 22.7 Å². The first-order valence-electron chi connectivity index (χ1n) is 8.02. The number of benzene rings is 2. The van der Waals surface area contributed by atoms with E-state index in [2.05, 4.69) is 0 Å². The summed E-state index contributed by atoms with van der Waals surface area (Å²) in [6, 6.07) is 19.5. The molecule has 4 heteroatoms. The quantitative estimate of drug-likeness (QED) is 0.659. The van der Waals surface area contributed by atoms with Gasteiger partial charge in [0.15, 0.2) is 0 Å². The van der Waals surface area contributed by atoms with E-state index in [1.165, 1.54) is 0 Å². The first-order valence-corrected chi connectivity index (χ1v) is 8.02. The van der Waals surface area contributed by atoms with Crippen molar-refractivity contribution in [2.75, 3.05) is 13.2 Å². The highest BCUT2D eigenvalue weighted by molar-refractivity contribution is 5.14. The first-order chi connectivity index (χ1) is 11.8. The summed E-state index contributed by atoms with van der Waals surface area (Å²) in [5.74, 6) is 0. The Morgan fingerprint density at radius 1 is 0.875 bits per heavy atom. The minimum absolute atomic E-state index is 0.0945. The normalized spacial score (nSPS) is 13.9. The van der Waals surface area contributed by atoms with Gasteiger partial charge in [0.25, 0.3) is 0 Å². The Balaban J connectivity index is 1.82. The molecule has 2 rings (SSSR count). The van der Waals surface area contributed by atoms with Crippen LogP contribution >= 0.6 is 0 Å². The summed E-state index contributed by atoms with van der Waals surface area (Å²) in [6.45, 7) is 0.886. The van der Waals surface area contributed by atoms with Crippen molar-refractivity contribution in [3.05, 3.63) is 83.9 Å². The molecule has 0 aliphatic carbocycles. The summed E-state index contributed by atoms with van der Waals surface area (Å²) in [7, 11) is 0. The zero-order valence-corrected chi connectivity index (χ0v) is 13.6. The maximum atomic E-state index is 10.3. The van der Waals surface area contributed by atoms with E-state index < -0.39 is 12.2 Å². The monoisotopic (exact) mass is 328 g/mol. The molecule has 0 spiro atoms. The van der Waals surface area contributed by atoms with Crippen LogP contribution < -0.4 is 0 Å². The molecule has 24 heavy (non-hydrogen) atoms. The van der Waals surface area contributed by atoms with Gasteiger partial charge in [-0.1, -0.05) is 72.8 Å². The number of aliphatic hydroxyl groups is 2. The average molecular weight is 328 g/mol. The second-order valence-electron chi connectivity index (χ2n) is 5.44. The summed E-state index contributed by atoms with van der Waals surface area (Å²) < 4.78 is 11.3. The fourth-order valence-electron chi connectivity index (χ4n) is 2.22. The number of rotatable bonds is 10. The smallest absolute Gasteiger partial charge is 0.107 e. The van der Waals surface area contributed by atoms with Crippen molar-refractivity contribution in [3.8, 4) is 0 Å². The molecule has 128 valence electrons. The molecule has 4 nitrogen and oxygen atoms in total. The van der Waals surface area contributed by atoms with E-state index in [1.54, 1.807) is 12.2 Å². The largest absolute Gasteiger partial charge is 0.392 e. The van der Waals surface area contributed by atoms with Crippen molar-refractivity contribution in [2.24, 2.45) is 0 Å². The standard InChI is InChI=1S/C20H24O4/c21-13-7-12-20(24-15-18-10-5-2-6-11-18)19(22)16-23-14-17-8-3-1-4-9-17/h1-12,19-22H,13-16H2/b12-7+/t19-,20+/m1/s1. The average Bonchev–Trinajstić information content (AvgIpc) is 2.63. The lowest BCUT2D eigenvalue weighted by atomic mass is 10.2. The van der Waals surface area contributed by atoms with Crippen molar-refractivity contribution in [3.63, 3.8) is 0 Å².